The van der Waals surface area contributed by atoms with Gasteiger partial charge in [0.25, 0.3) is 10.2 Å². The van der Waals surface area contributed by atoms with E-state index in [1.807, 2.05) is 19.2 Å². The fourth-order valence-electron chi connectivity index (χ4n) is 2.81. The Hall–Kier alpha value is -1.71. The summed E-state index contributed by atoms with van der Waals surface area (Å²) in [7, 11) is -3.31. The number of aryl methyl sites for hydroxylation is 1. The van der Waals surface area contributed by atoms with Gasteiger partial charge < -0.3 is 4.90 Å². The number of hydrogen-bond acceptors (Lipinski definition) is 5. The summed E-state index contributed by atoms with van der Waals surface area (Å²) in [4.78, 5) is 6.48. The van der Waals surface area contributed by atoms with Crippen molar-refractivity contribution >= 4 is 21.5 Å². The third-order valence-electron chi connectivity index (χ3n) is 4.14. The normalized spacial score (nSPS) is 20.1. The summed E-state index contributed by atoms with van der Waals surface area (Å²) in [6.45, 7) is 4.45. The number of hydrogen-bond donors (Lipinski definition) is 1. The molecule has 0 radical (unpaired) electrons. The monoisotopic (exact) mass is 322 g/mol. The van der Waals surface area contributed by atoms with Crippen LogP contribution in [0.25, 0.3) is 5.52 Å². The van der Waals surface area contributed by atoms with Crippen LogP contribution in [0.1, 0.15) is 12.1 Å². The Balaban J connectivity index is 1.46. The summed E-state index contributed by atoms with van der Waals surface area (Å²) in [6, 6.07) is 1.93. The van der Waals surface area contributed by atoms with Gasteiger partial charge in [-0.2, -0.15) is 22.5 Å². The summed E-state index contributed by atoms with van der Waals surface area (Å²) in [5.74, 6) is 0.850. The minimum Gasteiger partial charge on any atom is -0.351 e. The molecule has 2 aliphatic heterocycles. The average molecular weight is 322 g/mol. The largest absolute Gasteiger partial charge is 0.351 e. The highest BCUT2D eigenvalue weighted by Gasteiger charge is 2.36. The Morgan fingerprint density at radius 3 is 2.77 bits per heavy atom. The molecule has 2 aliphatic rings. The fourth-order valence-corrected chi connectivity index (χ4v) is 4.27. The molecule has 8 nitrogen and oxygen atoms in total. The lowest BCUT2D eigenvalue weighted by Crippen LogP contribution is -2.62. The van der Waals surface area contributed by atoms with Crippen LogP contribution in [0.5, 0.6) is 0 Å². The molecule has 0 spiro atoms. The Labute approximate surface area is 128 Å². The van der Waals surface area contributed by atoms with E-state index in [2.05, 4.69) is 19.7 Å². The van der Waals surface area contributed by atoms with Crippen molar-refractivity contribution in [2.75, 3.05) is 31.1 Å². The first-order chi connectivity index (χ1) is 10.5. The van der Waals surface area contributed by atoms with E-state index < -0.39 is 10.2 Å². The predicted octanol–water partition coefficient (Wildman–Crippen LogP) is -0.234. The van der Waals surface area contributed by atoms with E-state index in [1.54, 1.807) is 10.7 Å². The van der Waals surface area contributed by atoms with E-state index in [-0.39, 0.29) is 6.04 Å². The summed E-state index contributed by atoms with van der Waals surface area (Å²) < 4.78 is 30.1. The first-order valence-corrected chi connectivity index (χ1v) is 8.80. The van der Waals surface area contributed by atoms with Crippen molar-refractivity contribution < 1.29 is 8.42 Å². The lowest BCUT2D eigenvalue weighted by atomic mass is 10.1. The second-order valence-corrected chi connectivity index (χ2v) is 7.55. The minimum absolute atomic E-state index is 0.0586. The number of aromatic nitrogens is 3. The summed E-state index contributed by atoms with van der Waals surface area (Å²) in [6.07, 6.45) is 4.48. The SMILES string of the molecule is Cc1cc2c(N3CC(NS(=O)(=O)N4CCC4)C3)nccn2n1. The van der Waals surface area contributed by atoms with Crippen molar-refractivity contribution in [2.24, 2.45) is 0 Å². The van der Waals surface area contributed by atoms with Gasteiger partial charge in [0.05, 0.1) is 11.7 Å². The number of anilines is 1. The van der Waals surface area contributed by atoms with E-state index in [0.717, 1.165) is 23.4 Å². The van der Waals surface area contributed by atoms with Crippen LogP contribution in [0.4, 0.5) is 5.82 Å². The molecule has 118 valence electrons. The summed E-state index contributed by atoms with van der Waals surface area (Å²) in [5, 5.41) is 4.37. The molecule has 0 bridgehead atoms. The minimum atomic E-state index is -3.31. The van der Waals surface area contributed by atoms with Gasteiger partial charge in [0.2, 0.25) is 0 Å². The van der Waals surface area contributed by atoms with Gasteiger partial charge in [-0.25, -0.2) is 9.50 Å². The summed E-state index contributed by atoms with van der Waals surface area (Å²) >= 11 is 0. The molecule has 9 heteroatoms. The van der Waals surface area contributed by atoms with E-state index in [4.69, 9.17) is 0 Å². The molecule has 22 heavy (non-hydrogen) atoms. The average Bonchev–Trinajstić information content (AvgIpc) is 2.70. The first kappa shape index (κ1) is 13.9. The maximum Gasteiger partial charge on any atom is 0.279 e. The molecular formula is C13H18N6O2S. The second-order valence-electron chi connectivity index (χ2n) is 5.84. The van der Waals surface area contributed by atoms with Crippen LogP contribution in [-0.4, -0.2) is 59.5 Å². The highest BCUT2D eigenvalue weighted by Crippen LogP contribution is 2.24. The molecule has 4 heterocycles. The molecule has 2 saturated heterocycles. The highest BCUT2D eigenvalue weighted by atomic mass is 32.2. The van der Waals surface area contributed by atoms with Gasteiger partial charge in [0.1, 0.15) is 5.52 Å². The Morgan fingerprint density at radius 1 is 1.32 bits per heavy atom. The third kappa shape index (κ3) is 2.25. The molecule has 0 unspecified atom stereocenters. The standard InChI is InChI=1S/C13H18N6O2S/c1-10-7-12-13(14-3-6-19(12)15-10)17-8-11(9-17)16-22(20,21)18-4-2-5-18/h3,6-7,11,16H,2,4-5,8-9H2,1H3. The van der Waals surface area contributed by atoms with Crippen molar-refractivity contribution in [1.82, 2.24) is 23.6 Å². The Bertz CT molecular complexity index is 807. The molecule has 2 aromatic rings. The molecule has 4 rings (SSSR count). The molecule has 0 atom stereocenters. The zero-order valence-electron chi connectivity index (χ0n) is 12.3. The first-order valence-electron chi connectivity index (χ1n) is 7.36. The third-order valence-corrected chi connectivity index (χ3v) is 5.82. The van der Waals surface area contributed by atoms with Crippen LogP contribution in [0.3, 0.4) is 0 Å². The van der Waals surface area contributed by atoms with Gasteiger partial charge in [-0.05, 0) is 19.4 Å². The molecule has 0 aromatic carbocycles. The molecule has 0 saturated carbocycles. The maximum absolute atomic E-state index is 12.0. The van der Waals surface area contributed by atoms with Crippen LogP contribution in [0.15, 0.2) is 18.5 Å². The van der Waals surface area contributed by atoms with E-state index in [9.17, 15) is 8.42 Å². The van der Waals surface area contributed by atoms with Gasteiger partial charge >= 0.3 is 0 Å². The lowest BCUT2D eigenvalue weighted by molar-refractivity contribution is 0.299. The molecule has 1 N–H and O–H groups in total. The van der Waals surface area contributed by atoms with Crippen molar-refractivity contribution in [3.63, 3.8) is 0 Å². The fraction of sp³-hybridized carbons (Fsp3) is 0.538. The van der Waals surface area contributed by atoms with E-state index in [1.165, 1.54) is 4.31 Å². The topological polar surface area (TPSA) is 82.8 Å². The van der Waals surface area contributed by atoms with Gasteiger partial charge in [-0.15, -0.1) is 0 Å². The van der Waals surface area contributed by atoms with Crippen molar-refractivity contribution in [3.8, 4) is 0 Å². The number of nitrogens with zero attached hydrogens (tertiary/aromatic N) is 5. The maximum atomic E-state index is 12.0. The zero-order valence-corrected chi connectivity index (χ0v) is 13.1. The Kier molecular flexibility index (Phi) is 3.10. The zero-order chi connectivity index (χ0) is 15.3. The number of rotatable bonds is 4. The highest BCUT2D eigenvalue weighted by molar-refractivity contribution is 7.87. The van der Waals surface area contributed by atoms with Crippen LogP contribution in [0.2, 0.25) is 0 Å². The van der Waals surface area contributed by atoms with Gasteiger partial charge in [-0.1, -0.05) is 0 Å². The predicted molar refractivity (Wildman–Crippen MR) is 82.0 cm³/mol. The van der Waals surface area contributed by atoms with E-state index in [0.29, 0.717) is 26.2 Å². The van der Waals surface area contributed by atoms with Gasteiger partial charge in [0.15, 0.2) is 5.82 Å². The lowest BCUT2D eigenvalue weighted by Gasteiger charge is -2.41. The quantitative estimate of drug-likeness (QED) is 0.840. The van der Waals surface area contributed by atoms with Crippen LogP contribution >= 0.6 is 0 Å². The van der Waals surface area contributed by atoms with Gasteiger partial charge in [0, 0.05) is 38.6 Å². The van der Waals surface area contributed by atoms with Crippen molar-refractivity contribution in [3.05, 3.63) is 24.2 Å². The van der Waals surface area contributed by atoms with Crippen LogP contribution in [0, 0.1) is 6.92 Å². The molecular weight excluding hydrogens is 304 g/mol. The summed E-state index contributed by atoms with van der Waals surface area (Å²) in [5.41, 5.74) is 1.88. The van der Waals surface area contributed by atoms with E-state index >= 15 is 0 Å². The molecule has 2 aromatic heterocycles. The van der Waals surface area contributed by atoms with Gasteiger partial charge in [-0.3, -0.25) is 0 Å². The second kappa shape index (κ2) is 4.90. The smallest absolute Gasteiger partial charge is 0.279 e. The Morgan fingerprint density at radius 2 is 2.09 bits per heavy atom. The van der Waals surface area contributed by atoms with Crippen molar-refractivity contribution in [2.45, 2.75) is 19.4 Å². The molecule has 2 fully saturated rings. The van der Waals surface area contributed by atoms with Crippen molar-refractivity contribution in [1.29, 1.82) is 0 Å². The number of nitrogens with one attached hydrogen (secondary N) is 1. The van der Waals surface area contributed by atoms with Crippen LogP contribution < -0.4 is 9.62 Å². The molecule has 0 aliphatic carbocycles. The molecule has 0 amide bonds. The van der Waals surface area contributed by atoms with Crippen LogP contribution in [-0.2, 0) is 10.2 Å². The number of fused-ring (bicyclic) bond motifs is 1.